The fourth-order valence-corrected chi connectivity index (χ4v) is 2.09. The highest BCUT2D eigenvalue weighted by atomic mass is 79.9. The number of nitrogens with zero attached hydrogens (tertiary/aromatic N) is 1. The first-order valence-corrected chi connectivity index (χ1v) is 6.42. The van der Waals surface area contributed by atoms with Crippen LogP contribution in [-0.4, -0.2) is 10.9 Å². The Kier molecular flexibility index (Phi) is 3.99. The van der Waals surface area contributed by atoms with Crippen LogP contribution in [0.25, 0.3) is 0 Å². The maximum atomic E-state index is 12.1. The van der Waals surface area contributed by atoms with Crippen LogP contribution in [0.15, 0.2) is 41.0 Å². The molecule has 0 saturated heterocycles. The Morgan fingerprint density at radius 3 is 2.83 bits per heavy atom. The zero-order chi connectivity index (χ0) is 13.1. The summed E-state index contributed by atoms with van der Waals surface area (Å²) in [4.78, 5) is 16.0. The van der Waals surface area contributed by atoms with Crippen LogP contribution in [0.4, 0.5) is 5.69 Å². The van der Waals surface area contributed by atoms with Gasteiger partial charge in [0.2, 0.25) is 0 Å². The van der Waals surface area contributed by atoms with Gasteiger partial charge in [-0.3, -0.25) is 4.79 Å². The molecule has 0 unspecified atom stereocenters. The standard InChI is InChI=1S/C13H10BrClN2O/c1-8-2-3-11(14)10(6-8)13(18)17-9-4-5-16-12(15)7-9/h2-7H,1H3,(H,16,17,18). The number of anilines is 1. The first-order chi connectivity index (χ1) is 8.56. The number of hydrogen-bond acceptors (Lipinski definition) is 2. The lowest BCUT2D eigenvalue weighted by atomic mass is 10.1. The first-order valence-electron chi connectivity index (χ1n) is 5.25. The fourth-order valence-electron chi connectivity index (χ4n) is 1.49. The van der Waals surface area contributed by atoms with Crippen molar-refractivity contribution in [1.29, 1.82) is 0 Å². The number of pyridine rings is 1. The first kappa shape index (κ1) is 13.1. The number of carbonyl (C=O) groups excluding carboxylic acids is 1. The van der Waals surface area contributed by atoms with Crippen molar-refractivity contribution in [3.8, 4) is 0 Å². The van der Waals surface area contributed by atoms with E-state index in [4.69, 9.17) is 11.6 Å². The van der Waals surface area contributed by atoms with Crippen LogP contribution in [0.2, 0.25) is 5.15 Å². The van der Waals surface area contributed by atoms with Gasteiger partial charge in [-0.1, -0.05) is 23.2 Å². The Labute approximate surface area is 118 Å². The highest BCUT2D eigenvalue weighted by Crippen LogP contribution is 2.20. The summed E-state index contributed by atoms with van der Waals surface area (Å²) < 4.78 is 0.755. The van der Waals surface area contributed by atoms with Crippen molar-refractivity contribution >= 4 is 39.1 Å². The minimum absolute atomic E-state index is 0.187. The second-order valence-electron chi connectivity index (χ2n) is 3.80. The maximum absolute atomic E-state index is 12.1. The van der Waals surface area contributed by atoms with Gasteiger partial charge in [-0.25, -0.2) is 4.98 Å². The minimum atomic E-state index is -0.187. The number of amides is 1. The van der Waals surface area contributed by atoms with Crippen LogP contribution in [0.3, 0.4) is 0 Å². The van der Waals surface area contributed by atoms with Crippen LogP contribution in [0.5, 0.6) is 0 Å². The molecule has 0 bridgehead atoms. The number of aryl methyl sites for hydroxylation is 1. The molecule has 2 aromatic rings. The molecule has 0 spiro atoms. The molecule has 0 aliphatic heterocycles. The van der Waals surface area contributed by atoms with Crippen LogP contribution in [0.1, 0.15) is 15.9 Å². The SMILES string of the molecule is Cc1ccc(Br)c(C(=O)Nc2ccnc(Cl)c2)c1. The van der Waals surface area contributed by atoms with Crippen molar-refractivity contribution in [2.24, 2.45) is 0 Å². The van der Waals surface area contributed by atoms with Crippen LogP contribution < -0.4 is 5.32 Å². The van der Waals surface area contributed by atoms with Crippen molar-refractivity contribution in [2.45, 2.75) is 6.92 Å². The predicted octanol–water partition coefficient (Wildman–Crippen LogP) is 4.06. The summed E-state index contributed by atoms with van der Waals surface area (Å²) >= 11 is 9.12. The Morgan fingerprint density at radius 2 is 2.11 bits per heavy atom. The molecule has 18 heavy (non-hydrogen) atoms. The summed E-state index contributed by atoms with van der Waals surface area (Å²) in [5.74, 6) is -0.187. The molecule has 3 nitrogen and oxygen atoms in total. The van der Waals surface area contributed by atoms with Gasteiger partial charge >= 0.3 is 0 Å². The summed E-state index contributed by atoms with van der Waals surface area (Å²) in [7, 11) is 0. The lowest BCUT2D eigenvalue weighted by molar-refractivity contribution is 0.102. The van der Waals surface area contributed by atoms with Gasteiger partial charge in [-0.05, 0) is 47.1 Å². The molecule has 5 heteroatoms. The van der Waals surface area contributed by atoms with Crippen molar-refractivity contribution in [3.05, 3.63) is 57.3 Å². The molecule has 0 radical (unpaired) electrons. The number of benzene rings is 1. The van der Waals surface area contributed by atoms with Crippen LogP contribution in [0, 0.1) is 6.92 Å². The van der Waals surface area contributed by atoms with Crippen LogP contribution in [-0.2, 0) is 0 Å². The van der Waals surface area contributed by atoms with Gasteiger partial charge in [0.15, 0.2) is 0 Å². The normalized spacial score (nSPS) is 10.2. The van der Waals surface area contributed by atoms with Crippen molar-refractivity contribution in [1.82, 2.24) is 4.98 Å². The Morgan fingerprint density at radius 1 is 1.33 bits per heavy atom. The average molecular weight is 326 g/mol. The topological polar surface area (TPSA) is 42.0 Å². The molecule has 0 fully saturated rings. The Balaban J connectivity index is 2.24. The maximum Gasteiger partial charge on any atom is 0.256 e. The molecule has 1 amide bonds. The Bertz CT molecular complexity index is 601. The van der Waals surface area contributed by atoms with Crippen LogP contribution >= 0.6 is 27.5 Å². The third kappa shape index (κ3) is 3.09. The zero-order valence-corrected chi connectivity index (χ0v) is 11.9. The summed E-state index contributed by atoms with van der Waals surface area (Å²) in [6.45, 7) is 1.94. The van der Waals surface area contributed by atoms with E-state index in [9.17, 15) is 4.79 Å². The molecule has 1 aromatic carbocycles. The van der Waals surface area contributed by atoms with E-state index >= 15 is 0 Å². The summed E-state index contributed by atoms with van der Waals surface area (Å²) in [5, 5.41) is 3.12. The van der Waals surface area contributed by atoms with Gasteiger partial charge in [0.1, 0.15) is 5.15 Å². The molecule has 92 valence electrons. The molecule has 2 rings (SSSR count). The van der Waals surface area contributed by atoms with Gasteiger partial charge in [0, 0.05) is 16.4 Å². The van der Waals surface area contributed by atoms with Gasteiger partial charge < -0.3 is 5.32 Å². The second kappa shape index (κ2) is 5.50. The third-order valence-corrected chi connectivity index (χ3v) is 3.25. The van der Waals surface area contributed by atoms with Gasteiger partial charge in [0.25, 0.3) is 5.91 Å². The highest BCUT2D eigenvalue weighted by molar-refractivity contribution is 9.10. The number of nitrogens with one attached hydrogen (secondary N) is 1. The van der Waals surface area contributed by atoms with E-state index in [0.29, 0.717) is 16.4 Å². The lowest BCUT2D eigenvalue weighted by Crippen LogP contribution is -2.12. The third-order valence-electron chi connectivity index (χ3n) is 2.35. The molecule has 1 aromatic heterocycles. The monoisotopic (exact) mass is 324 g/mol. The number of hydrogen-bond donors (Lipinski definition) is 1. The summed E-state index contributed by atoms with van der Waals surface area (Å²) in [6.07, 6.45) is 1.54. The number of halogens is 2. The van der Waals surface area contributed by atoms with E-state index < -0.39 is 0 Å². The minimum Gasteiger partial charge on any atom is -0.322 e. The Hall–Kier alpha value is -1.39. The largest absolute Gasteiger partial charge is 0.322 e. The van der Waals surface area contributed by atoms with E-state index in [1.807, 2.05) is 25.1 Å². The van der Waals surface area contributed by atoms with E-state index in [0.717, 1.165) is 10.0 Å². The molecular weight excluding hydrogens is 316 g/mol. The van der Waals surface area contributed by atoms with Crippen molar-refractivity contribution in [3.63, 3.8) is 0 Å². The van der Waals surface area contributed by atoms with Crippen molar-refractivity contribution in [2.75, 3.05) is 5.32 Å². The van der Waals surface area contributed by atoms with E-state index in [1.165, 1.54) is 0 Å². The summed E-state index contributed by atoms with van der Waals surface area (Å²) in [5.41, 5.74) is 2.23. The molecule has 1 N–H and O–H groups in total. The molecule has 0 saturated carbocycles. The number of aromatic nitrogens is 1. The van der Waals surface area contributed by atoms with Gasteiger partial charge in [0.05, 0.1) is 5.56 Å². The summed E-state index contributed by atoms with van der Waals surface area (Å²) in [6, 6.07) is 8.90. The smallest absolute Gasteiger partial charge is 0.256 e. The molecule has 1 heterocycles. The second-order valence-corrected chi connectivity index (χ2v) is 5.05. The van der Waals surface area contributed by atoms with E-state index in [-0.39, 0.29) is 5.91 Å². The predicted molar refractivity (Wildman–Crippen MR) is 76.1 cm³/mol. The average Bonchev–Trinajstić information content (AvgIpc) is 2.32. The van der Waals surface area contributed by atoms with Crippen molar-refractivity contribution < 1.29 is 4.79 Å². The van der Waals surface area contributed by atoms with Gasteiger partial charge in [-0.15, -0.1) is 0 Å². The zero-order valence-electron chi connectivity index (χ0n) is 9.58. The quantitative estimate of drug-likeness (QED) is 0.846. The molecule has 0 aliphatic carbocycles. The van der Waals surface area contributed by atoms with E-state index in [2.05, 4.69) is 26.2 Å². The van der Waals surface area contributed by atoms with E-state index in [1.54, 1.807) is 18.3 Å². The molecular formula is C13H10BrClN2O. The lowest BCUT2D eigenvalue weighted by Gasteiger charge is -2.07. The van der Waals surface area contributed by atoms with Gasteiger partial charge in [-0.2, -0.15) is 0 Å². The fraction of sp³-hybridized carbons (Fsp3) is 0.0769. The number of carbonyl (C=O) groups is 1. The number of rotatable bonds is 2. The molecule has 0 aliphatic rings. The molecule has 0 atom stereocenters. The highest BCUT2D eigenvalue weighted by Gasteiger charge is 2.10.